The van der Waals surface area contributed by atoms with Crippen LogP contribution in [0, 0.1) is 11.7 Å². The maximum Gasteiger partial charge on any atom is 0.251 e. The summed E-state index contributed by atoms with van der Waals surface area (Å²) in [6.07, 6.45) is 3.19. The van der Waals surface area contributed by atoms with Crippen molar-refractivity contribution in [2.24, 2.45) is 5.92 Å². The predicted molar refractivity (Wildman–Crippen MR) is 96.1 cm³/mol. The van der Waals surface area contributed by atoms with E-state index >= 15 is 0 Å². The fourth-order valence-electron chi connectivity index (χ4n) is 3.26. The Kier molecular flexibility index (Phi) is 4.52. The number of amides is 1. The van der Waals surface area contributed by atoms with E-state index in [0.29, 0.717) is 12.5 Å². The molecule has 1 aliphatic heterocycles. The van der Waals surface area contributed by atoms with Gasteiger partial charge in [0.2, 0.25) is 0 Å². The van der Waals surface area contributed by atoms with Gasteiger partial charge in [0.25, 0.3) is 5.91 Å². The number of nitrogens with one attached hydrogen (secondary N) is 1. The van der Waals surface area contributed by atoms with Gasteiger partial charge in [-0.2, -0.15) is 0 Å². The summed E-state index contributed by atoms with van der Waals surface area (Å²) in [5.74, 6) is 0.0742. The Morgan fingerprint density at radius 3 is 2.54 bits per heavy atom. The minimum atomic E-state index is -0.257. The molecule has 0 aromatic heterocycles. The van der Waals surface area contributed by atoms with Crippen LogP contribution < -0.4 is 5.32 Å². The molecule has 1 aliphatic rings. The van der Waals surface area contributed by atoms with E-state index in [1.165, 1.54) is 17.7 Å². The molecule has 0 spiro atoms. The molecule has 0 saturated heterocycles. The molecular weight excluding hydrogens is 301 g/mol. The van der Waals surface area contributed by atoms with Crippen molar-refractivity contribution < 1.29 is 9.18 Å². The Labute approximate surface area is 142 Å². The van der Waals surface area contributed by atoms with Crippen molar-refractivity contribution in [3.05, 3.63) is 65.0 Å². The number of carbonyl (C=O) groups is 1. The lowest BCUT2D eigenvalue weighted by Crippen LogP contribution is -2.12. The molecule has 0 saturated carbocycles. The first kappa shape index (κ1) is 16.4. The molecule has 3 rings (SSSR count). The van der Waals surface area contributed by atoms with Crippen molar-refractivity contribution in [2.75, 3.05) is 0 Å². The Morgan fingerprint density at radius 1 is 1.21 bits per heavy atom. The number of carbonyl (C=O) groups excluding carboxylic acids is 1. The van der Waals surface area contributed by atoms with Crippen LogP contribution in [0.15, 0.2) is 42.5 Å². The lowest BCUT2D eigenvalue weighted by Gasteiger charge is -2.18. The van der Waals surface area contributed by atoms with Crippen molar-refractivity contribution in [1.82, 2.24) is 5.32 Å². The minimum Gasteiger partial charge on any atom is -0.348 e. The highest BCUT2D eigenvalue weighted by atomic mass is 19.1. The summed E-state index contributed by atoms with van der Waals surface area (Å²) in [5, 5.41) is 2.88. The van der Waals surface area contributed by atoms with Gasteiger partial charge in [-0.05, 0) is 64.4 Å². The molecule has 0 atom stereocenters. The van der Waals surface area contributed by atoms with Crippen LogP contribution in [0.4, 0.5) is 4.39 Å². The average molecular weight is 323 g/mol. The number of allylic oxidation sites excluding steroid dienone is 2. The maximum atomic E-state index is 13.3. The topological polar surface area (TPSA) is 29.1 Å². The third-order valence-electron chi connectivity index (χ3n) is 4.44. The third kappa shape index (κ3) is 2.99. The van der Waals surface area contributed by atoms with Gasteiger partial charge in [-0.1, -0.05) is 39.0 Å². The van der Waals surface area contributed by atoms with E-state index in [1.807, 2.05) is 6.07 Å². The van der Waals surface area contributed by atoms with E-state index in [1.54, 1.807) is 12.1 Å². The average Bonchev–Trinajstić information content (AvgIpc) is 2.92. The summed E-state index contributed by atoms with van der Waals surface area (Å²) in [6.45, 7) is 7.04. The number of hydrogen-bond acceptors (Lipinski definition) is 1. The number of halogens is 1. The first-order valence-corrected chi connectivity index (χ1v) is 8.42. The van der Waals surface area contributed by atoms with E-state index < -0.39 is 0 Å². The number of hydrogen-bond donors (Lipinski definition) is 1. The zero-order valence-corrected chi connectivity index (χ0v) is 14.3. The van der Waals surface area contributed by atoms with Crippen LogP contribution in [0.3, 0.4) is 0 Å². The maximum absolute atomic E-state index is 13.3. The molecule has 2 aromatic carbocycles. The van der Waals surface area contributed by atoms with Crippen molar-refractivity contribution >= 4 is 11.5 Å². The molecule has 24 heavy (non-hydrogen) atoms. The molecule has 3 heteroatoms. The lowest BCUT2D eigenvalue weighted by molar-refractivity contribution is 0.0966. The summed E-state index contributed by atoms with van der Waals surface area (Å²) in [4.78, 5) is 12.1. The van der Waals surface area contributed by atoms with E-state index in [4.69, 9.17) is 0 Å². The third-order valence-corrected chi connectivity index (χ3v) is 4.44. The van der Waals surface area contributed by atoms with Crippen molar-refractivity contribution in [3.8, 4) is 11.1 Å². The molecule has 2 nitrogen and oxygen atoms in total. The molecule has 1 N–H and O–H groups in total. The largest absolute Gasteiger partial charge is 0.348 e. The lowest BCUT2D eigenvalue weighted by atomic mass is 9.86. The molecular formula is C21H22FNO. The van der Waals surface area contributed by atoms with Crippen molar-refractivity contribution in [2.45, 2.75) is 33.7 Å². The summed E-state index contributed by atoms with van der Waals surface area (Å²) in [7, 11) is 0. The zero-order valence-electron chi connectivity index (χ0n) is 14.3. The minimum absolute atomic E-state index is 0.0366. The molecule has 0 aliphatic carbocycles. The van der Waals surface area contributed by atoms with Gasteiger partial charge in [-0.3, -0.25) is 4.79 Å². The number of benzene rings is 2. The van der Waals surface area contributed by atoms with Crippen LogP contribution in [-0.4, -0.2) is 5.91 Å². The van der Waals surface area contributed by atoms with Gasteiger partial charge in [-0.25, -0.2) is 4.39 Å². The van der Waals surface area contributed by atoms with Gasteiger partial charge in [0, 0.05) is 12.1 Å². The van der Waals surface area contributed by atoms with Crippen LogP contribution in [0.5, 0.6) is 0 Å². The van der Waals surface area contributed by atoms with Crippen LogP contribution in [0.25, 0.3) is 16.7 Å². The SMILES string of the molecule is CC/C=C(/c1cc2c(cc1-c1ccc(F)cc1)C(=O)NC2)C(C)C. The van der Waals surface area contributed by atoms with Gasteiger partial charge < -0.3 is 5.32 Å². The second kappa shape index (κ2) is 6.60. The Balaban J connectivity index is 2.25. The smallest absolute Gasteiger partial charge is 0.251 e. The molecule has 0 bridgehead atoms. The highest BCUT2D eigenvalue weighted by molar-refractivity contribution is 6.01. The fourth-order valence-corrected chi connectivity index (χ4v) is 3.26. The summed E-state index contributed by atoms with van der Waals surface area (Å²) in [5.41, 5.74) is 6.06. The Hall–Kier alpha value is -2.42. The highest BCUT2D eigenvalue weighted by Gasteiger charge is 2.23. The first-order valence-electron chi connectivity index (χ1n) is 8.42. The normalized spacial score (nSPS) is 14.0. The van der Waals surface area contributed by atoms with Crippen LogP contribution in [0.2, 0.25) is 0 Å². The van der Waals surface area contributed by atoms with Crippen LogP contribution >= 0.6 is 0 Å². The molecule has 1 amide bonds. The standard InChI is InChI=1S/C21H22FNO/c1-4-5-17(13(2)3)20-10-15-12-23-21(24)19(15)11-18(20)14-6-8-16(22)9-7-14/h5-11,13H,4,12H2,1-3H3,(H,23,24)/b17-5+. The fraction of sp³-hybridized carbons (Fsp3) is 0.286. The Morgan fingerprint density at radius 2 is 1.92 bits per heavy atom. The predicted octanol–water partition coefficient (Wildman–Crippen LogP) is 5.19. The van der Waals surface area contributed by atoms with E-state index in [9.17, 15) is 9.18 Å². The molecule has 0 unspecified atom stereocenters. The second-order valence-electron chi connectivity index (χ2n) is 6.47. The molecule has 124 valence electrons. The highest BCUT2D eigenvalue weighted by Crippen LogP contribution is 2.36. The van der Waals surface area contributed by atoms with E-state index in [0.717, 1.165) is 34.2 Å². The molecule has 1 heterocycles. The van der Waals surface area contributed by atoms with Gasteiger partial charge in [0.15, 0.2) is 0 Å². The monoisotopic (exact) mass is 323 g/mol. The van der Waals surface area contributed by atoms with E-state index in [-0.39, 0.29) is 11.7 Å². The quantitative estimate of drug-likeness (QED) is 0.824. The molecule has 0 radical (unpaired) electrons. The molecule has 0 fully saturated rings. The summed E-state index contributed by atoms with van der Waals surface area (Å²) >= 11 is 0. The van der Waals surface area contributed by atoms with Crippen LogP contribution in [0.1, 0.15) is 48.7 Å². The van der Waals surface area contributed by atoms with Gasteiger partial charge in [0.1, 0.15) is 5.82 Å². The van der Waals surface area contributed by atoms with E-state index in [2.05, 4.69) is 38.2 Å². The second-order valence-corrected chi connectivity index (χ2v) is 6.47. The van der Waals surface area contributed by atoms with Gasteiger partial charge >= 0.3 is 0 Å². The van der Waals surface area contributed by atoms with Crippen LogP contribution in [-0.2, 0) is 6.54 Å². The van der Waals surface area contributed by atoms with Crippen molar-refractivity contribution in [1.29, 1.82) is 0 Å². The van der Waals surface area contributed by atoms with Gasteiger partial charge in [0.05, 0.1) is 0 Å². The molecule has 2 aromatic rings. The number of fused-ring (bicyclic) bond motifs is 1. The van der Waals surface area contributed by atoms with Crippen molar-refractivity contribution in [3.63, 3.8) is 0 Å². The number of rotatable bonds is 4. The first-order chi connectivity index (χ1) is 11.5. The van der Waals surface area contributed by atoms with Gasteiger partial charge in [-0.15, -0.1) is 0 Å². The summed E-state index contributed by atoms with van der Waals surface area (Å²) in [6, 6.07) is 10.5. The summed E-state index contributed by atoms with van der Waals surface area (Å²) < 4.78 is 13.3. The Bertz CT molecular complexity index is 803. The zero-order chi connectivity index (χ0) is 17.3.